The number of phenolic OH excluding ortho intramolecular Hbond substituents is 1. The number of hydrogen-bond acceptors (Lipinski definition) is 1. The number of aryl methyl sites for hydroxylation is 1. The molecule has 0 saturated carbocycles. The van der Waals surface area contributed by atoms with Crippen LogP contribution in [-0.2, 0) is 5.41 Å². The van der Waals surface area contributed by atoms with Gasteiger partial charge in [-0.05, 0) is 88.2 Å². The molecule has 0 bridgehead atoms. The van der Waals surface area contributed by atoms with E-state index in [9.17, 15) is 5.11 Å². The van der Waals surface area contributed by atoms with Crippen LogP contribution in [0.25, 0.3) is 27.8 Å². The third kappa shape index (κ3) is 3.21. The normalized spacial score (nSPS) is 14.9. The second-order valence-electron chi connectivity index (χ2n) is 8.50. The minimum atomic E-state index is -0.0462. The third-order valence-corrected chi connectivity index (χ3v) is 6.20. The maximum absolute atomic E-state index is 9.74. The SMILES string of the molecule is C=CC1=C(/C=C\C)c2cc(-c3cccc(-c4ccc(O)cc4C)c3)ccc2C1(C)C. The van der Waals surface area contributed by atoms with Gasteiger partial charge >= 0.3 is 0 Å². The zero-order chi connectivity index (χ0) is 21.5. The highest BCUT2D eigenvalue weighted by Crippen LogP contribution is 2.48. The fraction of sp³-hybridized carbons (Fsp3) is 0.172. The molecule has 0 spiro atoms. The summed E-state index contributed by atoms with van der Waals surface area (Å²) in [5, 5.41) is 9.74. The molecule has 0 saturated heterocycles. The van der Waals surface area contributed by atoms with E-state index in [-0.39, 0.29) is 5.41 Å². The number of benzene rings is 3. The van der Waals surface area contributed by atoms with Crippen LogP contribution >= 0.6 is 0 Å². The van der Waals surface area contributed by atoms with Gasteiger partial charge in [0.1, 0.15) is 5.75 Å². The van der Waals surface area contributed by atoms with Gasteiger partial charge in [-0.15, -0.1) is 0 Å². The predicted octanol–water partition coefficient (Wildman–Crippen LogP) is 7.84. The smallest absolute Gasteiger partial charge is 0.115 e. The number of phenols is 1. The van der Waals surface area contributed by atoms with E-state index >= 15 is 0 Å². The van der Waals surface area contributed by atoms with Crippen LogP contribution in [0, 0.1) is 6.92 Å². The van der Waals surface area contributed by atoms with E-state index in [1.165, 1.54) is 33.4 Å². The minimum absolute atomic E-state index is 0.0462. The van der Waals surface area contributed by atoms with Crippen LogP contribution in [0.1, 0.15) is 37.5 Å². The number of allylic oxidation sites excluding steroid dienone is 5. The first-order valence-corrected chi connectivity index (χ1v) is 10.4. The van der Waals surface area contributed by atoms with E-state index in [0.29, 0.717) is 5.75 Å². The molecular formula is C29H28O. The fourth-order valence-electron chi connectivity index (χ4n) is 4.67. The van der Waals surface area contributed by atoms with E-state index in [1.54, 1.807) is 6.07 Å². The fourth-order valence-corrected chi connectivity index (χ4v) is 4.67. The molecule has 1 aliphatic rings. The monoisotopic (exact) mass is 392 g/mol. The Morgan fingerprint density at radius 2 is 1.60 bits per heavy atom. The molecule has 0 aromatic heterocycles. The Bertz CT molecular complexity index is 1200. The lowest BCUT2D eigenvalue weighted by molar-refractivity contribution is 0.475. The van der Waals surface area contributed by atoms with Gasteiger partial charge in [0.2, 0.25) is 0 Å². The summed E-state index contributed by atoms with van der Waals surface area (Å²) in [6.45, 7) is 12.7. The molecule has 4 rings (SSSR count). The van der Waals surface area contributed by atoms with E-state index in [1.807, 2.05) is 25.1 Å². The molecule has 0 atom stereocenters. The Labute approximate surface area is 179 Å². The van der Waals surface area contributed by atoms with Gasteiger partial charge in [-0.3, -0.25) is 0 Å². The molecule has 30 heavy (non-hydrogen) atoms. The summed E-state index contributed by atoms with van der Waals surface area (Å²) < 4.78 is 0. The Morgan fingerprint density at radius 1 is 0.867 bits per heavy atom. The van der Waals surface area contributed by atoms with Crippen molar-refractivity contribution in [2.45, 2.75) is 33.1 Å². The van der Waals surface area contributed by atoms with Gasteiger partial charge in [-0.1, -0.05) is 75.1 Å². The van der Waals surface area contributed by atoms with Crippen molar-refractivity contribution in [3.63, 3.8) is 0 Å². The van der Waals surface area contributed by atoms with Gasteiger partial charge in [-0.2, -0.15) is 0 Å². The largest absolute Gasteiger partial charge is 0.508 e. The molecule has 150 valence electrons. The van der Waals surface area contributed by atoms with E-state index in [0.717, 1.165) is 16.7 Å². The Morgan fingerprint density at radius 3 is 2.30 bits per heavy atom. The van der Waals surface area contributed by atoms with Gasteiger partial charge in [-0.25, -0.2) is 0 Å². The van der Waals surface area contributed by atoms with Crippen molar-refractivity contribution in [1.82, 2.24) is 0 Å². The molecule has 0 heterocycles. The van der Waals surface area contributed by atoms with E-state index < -0.39 is 0 Å². The van der Waals surface area contributed by atoms with Crippen LogP contribution < -0.4 is 0 Å². The van der Waals surface area contributed by atoms with E-state index in [4.69, 9.17) is 0 Å². The summed E-state index contributed by atoms with van der Waals surface area (Å²) in [7, 11) is 0. The molecule has 0 radical (unpaired) electrons. The van der Waals surface area contributed by atoms with Gasteiger partial charge in [0, 0.05) is 5.41 Å². The molecule has 0 aliphatic heterocycles. The molecule has 0 fully saturated rings. The number of rotatable bonds is 4. The van der Waals surface area contributed by atoms with Gasteiger partial charge in [0.15, 0.2) is 0 Å². The molecular weight excluding hydrogens is 364 g/mol. The first kappa shape index (κ1) is 20.0. The molecule has 3 aromatic carbocycles. The van der Waals surface area contributed by atoms with Crippen molar-refractivity contribution < 1.29 is 5.11 Å². The molecule has 1 heteroatoms. The van der Waals surface area contributed by atoms with Crippen LogP contribution in [0.4, 0.5) is 0 Å². The van der Waals surface area contributed by atoms with Crippen molar-refractivity contribution in [3.05, 3.63) is 108 Å². The number of fused-ring (bicyclic) bond motifs is 1. The van der Waals surface area contributed by atoms with Crippen molar-refractivity contribution in [1.29, 1.82) is 0 Å². The maximum atomic E-state index is 9.74. The zero-order valence-corrected chi connectivity index (χ0v) is 18.2. The lowest BCUT2D eigenvalue weighted by Gasteiger charge is -2.22. The average molecular weight is 393 g/mol. The summed E-state index contributed by atoms with van der Waals surface area (Å²) in [5.74, 6) is 0.301. The topological polar surface area (TPSA) is 20.2 Å². The highest BCUT2D eigenvalue weighted by atomic mass is 16.3. The molecule has 1 nitrogen and oxygen atoms in total. The average Bonchev–Trinajstić information content (AvgIpc) is 2.94. The number of hydrogen-bond donors (Lipinski definition) is 1. The molecule has 0 unspecified atom stereocenters. The minimum Gasteiger partial charge on any atom is -0.508 e. The summed E-state index contributed by atoms with van der Waals surface area (Å²) in [6.07, 6.45) is 6.30. The first-order chi connectivity index (χ1) is 14.4. The van der Waals surface area contributed by atoms with Crippen LogP contribution in [0.3, 0.4) is 0 Å². The van der Waals surface area contributed by atoms with Crippen molar-refractivity contribution in [2.75, 3.05) is 0 Å². The quantitative estimate of drug-likeness (QED) is 0.479. The van der Waals surface area contributed by atoms with Crippen LogP contribution in [0.2, 0.25) is 0 Å². The third-order valence-electron chi connectivity index (χ3n) is 6.20. The summed E-state index contributed by atoms with van der Waals surface area (Å²) in [5.41, 5.74) is 10.9. The Hall–Kier alpha value is -3.32. The highest BCUT2D eigenvalue weighted by molar-refractivity contribution is 5.89. The van der Waals surface area contributed by atoms with Gasteiger partial charge in [0.25, 0.3) is 0 Å². The second-order valence-corrected chi connectivity index (χ2v) is 8.50. The zero-order valence-electron chi connectivity index (χ0n) is 18.2. The summed E-state index contributed by atoms with van der Waals surface area (Å²) >= 11 is 0. The van der Waals surface area contributed by atoms with Crippen molar-refractivity contribution >= 4 is 5.57 Å². The molecule has 1 aliphatic carbocycles. The summed E-state index contributed by atoms with van der Waals surface area (Å²) in [4.78, 5) is 0. The Balaban J connectivity index is 1.84. The maximum Gasteiger partial charge on any atom is 0.115 e. The highest BCUT2D eigenvalue weighted by Gasteiger charge is 2.35. The molecule has 0 amide bonds. The second kappa shape index (κ2) is 7.50. The lowest BCUT2D eigenvalue weighted by atomic mass is 9.81. The first-order valence-electron chi connectivity index (χ1n) is 10.4. The molecule has 3 aromatic rings. The Kier molecular flexibility index (Phi) is 4.99. The van der Waals surface area contributed by atoms with Crippen molar-refractivity contribution in [3.8, 4) is 28.0 Å². The number of aromatic hydroxyl groups is 1. The van der Waals surface area contributed by atoms with E-state index in [2.05, 4.69) is 82.0 Å². The van der Waals surface area contributed by atoms with Crippen molar-refractivity contribution in [2.24, 2.45) is 0 Å². The standard InChI is InChI=1S/C29H28O/c1-6-9-25-26-18-21(12-15-28(26)29(4,5)27(25)7-2)20-10-8-11-22(17-20)24-14-13-23(30)16-19(24)3/h6-18,30H,2H2,1,3-5H3/b9-6-. The van der Waals surface area contributed by atoms with Gasteiger partial charge in [0.05, 0.1) is 0 Å². The van der Waals surface area contributed by atoms with Crippen LogP contribution in [0.15, 0.2) is 91.0 Å². The van der Waals surface area contributed by atoms with Crippen LogP contribution in [-0.4, -0.2) is 5.11 Å². The predicted molar refractivity (Wildman–Crippen MR) is 129 cm³/mol. The lowest BCUT2D eigenvalue weighted by Crippen LogP contribution is -2.15. The van der Waals surface area contributed by atoms with Gasteiger partial charge < -0.3 is 5.11 Å². The summed E-state index contributed by atoms with van der Waals surface area (Å²) in [6, 6.07) is 21.0. The molecule has 1 N–H and O–H groups in total. The van der Waals surface area contributed by atoms with Crippen LogP contribution in [0.5, 0.6) is 5.75 Å².